The van der Waals surface area contributed by atoms with Gasteiger partial charge in [0.25, 0.3) is 0 Å². The summed E-state index contributed by atoms with van der Waals surface area (Å²) in [6.45, 7) is 0. The first-order valence-electron chi connectivity index (χ1n) is 7.94. The number of hydrogen-bond donors (Lipinski definition) is 0. The first-order valence-corrected chi connectivity index (χ1v) is 8.73. The molecule has 0 radical (unpaired) electrons. The third-order valence-corrected chi connectivity index (χ3v) is 4.64. The van der Waals surface area contributed by atoms with Crippen molar-refractivity contribution in [3.05, 3.63) is 80.2 Å². The minimum absolute atomic E-state index is 0.0273. The Hall–Kier alpha value is -3.19. The number of carbonyl (C=O) groups excluding carboxylic acids is 1. The van der Waals surface area contributed by atoms with Crippen LogP contribution in [0.4, 0.5) is 0 Å². The van der Waals surface area contributed by atoms with Gasteiger partial charge in [-0.2, -0.15) is 0 Å². The van der Waals surface area contributed by atoms with Gasteiger partial charge in [0.2, 0.25) is 5.90 Å². The van der Waals surface area contributed by atoms with Gasteiger partial charge in [-0.05, 0) is 52.3 Å². The van der Waals surface area contributed by atoms with Crippen LogP contribution in [0.25, 0.3) is 17.0 Å². The van der Waals surface area contributed by atoms with Crippen molar-refractivity contribution in [1.82, 2.24) is 0 Å². The Labute approximate surface area is 161 Å². The van der Waals surface area contributed by atoms with Gasteiger partial charge in [0, 0.05) is 5.56 Å². The fraction of sp³-hybridized carbons (Fsp3) is 0.0500. The number of cyclic esters (lactones) is 1. The molecule has 4 rings (SSSR count). The Morgan fingerprint density at radius 3 is 2.74 bits per heavy atom. The highest BCUT2D eigenvalue weighted by atomic mass is 79.9. The van der Waals surface area contributed by atoms with E-state index in [9.17, 15) is 9.59 Å². The van der Waals surface area contributed by atoms with E-state index in [-0.39, 0.29) is 22.6 Å². The summed E-state index contributed by atoms with van der Waals surface area (Å²) in [4.78, 5) is 29.0. The standard InChI is InChI=1S/C20H12BrNO5/c1-25-17-7-6-11(8-14(17)21)19-22-15(20(24)27-19)9-12-10-26-16-5-3-2-4-13(16)18(12)23/h2-10H,1H3/b15-9-. The fourth-order valence-electron chi connectivity index (χ4n) is 2.67. The summed E-state index contributed by atoms with van der Waals surface area (Å²) in [5, 5.41) is 0.432. The first kappa shape index (κ1) is 17.2. The van der Waals surface area contributed by atoms with Gasteiger partial charge >= 0.3 is 5.97 Å². The number of hydrogen-bond acceptors (Lipinski definition) is 6. The number of halogens is 1. The van der Waals surface area contributed by atoms with Crippen molar-refractivity contribution in [1.29, 1.82) is 0 Å². The van der Waals surface area contributed by atoms with Crippen LogP contribution in [-0.2, 0) is 9.53 Å². The van der Waals surface area contributed by atoms with Gasteiger partial charge in [-0.3, -0.25) is 4.79 Å². The van der Waals surface area contributed by atoms with Gasteiger partial charge in [0.1, 0.15) is 17.6 Å². The number of fused-ring (bicyclic) bond motifs is 1. The summed E-state index contributed by atoms with van der Waals surface area (Å²) in [6.07, 6.45) is 2.68. The van der Waals surface area contributed by atoms with E-state index in [0.717, 1.165) is 0 Å². The fourth-order valence-corrected chi connectivity index (χ4v) is 3.21. The molecule has 0 atom stereocenters. The zero-order valence-corrected chi connectivity index (χ0v) is 15.6. The van der Waals surface area contributed by atoms with Crippen LogP contribution in [0, 0.1) is 0 Å². The molecule has 0 spiro atoms. The molecular weight excluding hydrogens is 414 g/mol. The number of rotatable bonds is 3. The highest BCUT2D eigenvalue weighted by molar-refractivity contribution is 9.10. The number of nitrogens with zero attached hydrogens (tertiary/aromatic N) is 1. The second kappa shape index (κ2) is 6.85. The minimum Gasteiger partial charge on any atom is -0.496 e. The van der Waals surface area contributed by atoms with Crippen molar-refractivity contribution in [2.24, 2.45) is 4.99 Å². The van der Waals surface area contributed by atoms with Crippen LogP contribution in [0.5, 0.6) is 5.75 Å². The minimum atomic E-state index is -0.635. The lowest BCUT2D eigenvalue weighted by Gasteiger charge is -2.05. The molecule has 0 saturated heterocycles. The highest BCUT2D eigenvalue weighted by Crippen LogP contribution is 2.27. The van der Waals surface area contributed by atoms with Crippen molar-refractivity contribution in [3.8, 4) is 5.75 Å². The number of benzene rings is 2. The van der Waals surface area contributed by atoms with Gasteiger partial charge < -0.3 is 13.9 Å². The third kappa shape index (κ3) is 3.17. The van der Waals surface area contributed by atoms with E-state index in [1.807, 2.05) is 0 Å². The lowest BCUT2D eigenvalue weighted by molar-refractivity contribution is -0.129. The van der Waals surface area contributed by atoms with E-state index in [1.54, 1.807) is 49.6 Å². The van der Waals surface area contributed by atoms with Crippen LogP contribution >= 0.6 is 15.9 Å². The summed E-state index contributed by atoms with van der Waals surface area (Å²) in [5.41, 5.74) is 1.09. The topological polar surface area (TPSA) is 78.1 Å². The predicted octanol–water partition coefficient (Wildman–Crippen LogP) is 3.91. The molecule has 1 aromatic heterocycles. The van der Waals surface area contributed by atoms with Gasteiger partial charge in [0.05, 0.1) is 22.5 Å². The molecule has 134 valence electrons. The lowest BCUT2D eigenvalue weighted by Crippen LogP contribution is -2.07. The van der Waals surface area contributed by atoms with Crippen molar-refractivity contribution >= 4 is 44.8 Å². The number of para-hydroxylation sites is 1. The maximum absolute atomic E-state index is 12.6. The molecule has 3 aromatic rings. The lowest BCUT2D eigenvalue weighted by atomic mass is 10.1. The summed E-state index contributed by atoms with van der Waals surface area (Å²) in [7, 11) is 1.56. The molecule has 7 heteroatoms. The third-order valence-electron chi connectivity index (χ3n) is 4.02. The Kier molecular flexibility index (Phi) is 4.37. The molecule has 27 heavy (non-hydrogen) atoms. The number of carbonyl (C=O) groups is 1. The van der Waals surface area contributed by atoms with Crippen molar-refractivity contribution < 1.29 is 18.7 Å². The highest BCUT2D eigenvalue weighted by Gasteiger charge is 2.25. The second-order valence-corrected chi connectivity index (χ2v) is 6.56. The largest absolute Gasteiger partial charge is 0.496 e. The van der Waals surface area contributed by atoms with Crippen LogP contribution in [0.15, 0.2) is 73.1 Å². The number of ether oxygens (including phenoxy) is 2. The Morgan fingerprint density at radius 2 is 1.96 bits per heavy atom. The van der Waals surface area contributed by atoms with E-state index in [4.69, 9.17) is 13.9 Å². The van der Waals surface area contributed by atoms with E-state index >= 15 is 0 Å². The molecule has 1 aliphatic rings. The number of esters is 1. The van der Waals surface area contributed by atoms with Crippen LogP contribution in [0.2, 0.25) is 0 Å². The molecule has 0 unspecified atom stereocenters. The maximum Gasteiger partial charge on any atom is 0.363 e. The monoisotopic (exact) mass is 425 g/mol. The van der Waals surface area contributed by atoms with E-state index in [0.29, 0.717) is 26.8 Å². The molecule has 0 aliphatic carbocycles. The second-order valence-electron chi connectivity index (χ2n) is 5.70. The molecule has 1 aliphatic heterocycles. The van der Waals surface area contributed by atoms with Gasteiger partial charge in [0.15, 0.2) is 11.1 Å². The average molecular weight is 426 g/mol. The number of methoxy groups -OCH3 is 1. The molecule has 6 nitrogen and oxygen atoms in total. The Bertz CT molecular complexity index is 1190. The van der Waals surface area contributed by atoms with E-state index in [2.05, 4.69) is 20.9 Å². The van der Waals surface area contributed by atoms with Crippen LogP contribution in [-0.4, -0.2) is 19.0 Å². The maximum atomic E-state index is 12.6. The summed E-state index contributed by atoms with van der Waals surface area (Å²) in [6, 6.07) is 12.1. The zero-order chi connectivity index (χ0) is 19.0. The van der Waals surface area contributed by atoms with Gasteiger partial charge in [-0.1, -0.05) is 12.1 Å². The van der Waals surface area contributed by atoms with Crippen LogP contribution in [0.1, 0.15) is 11.1 Å². The summed E-state index contributed by atoms with van der Waals surface area (Å²) in [5.74, 6) is 0.164. The Morgan fingerprint density at radius 1 is 1.15 bits per heavy atom. The SMILES string of the molecule is COc1ccc(C2=N/C(=C\c3coc4ccccc4c3=O)C(=O)O2)cc1Br. The molecule has 0 amide bonds. The molecular formula is C20H12BrNO5. The smallest absolute Gasteiger partial charge is 0.363 e. The zero-order valence-electron chi connectivity index (χ0n) is 14.1. The van der Waals surface area contributed by atoms with Gasteiger partial charge in [-0.15, -0.1) is 0 Å². The molecule has 0 fully saturated rings. The molecule has 2 heterocycles. The first-order chi connectivity index (χ1) is 13.1. The quantitative estimate of drug-likeness (QED) is 0.469. The predicted molar refractivity (Wildman–Crippen MR) is 104 cm³/mol. The van der Waals surface area contributed by atoms with Crippen molar-refractivity contribution in [2.75, 3.05) is 7.11 Å². The molecule has 0 N–H and O–H groups in total. The van der Waals surface area contributed by atoms with E-state index in [1.165, 1.54) is 12.3 Å². The van der Waals surface area contributed by atoms with Gasteiger partial charge in [-0.25, -0.2) is 9.79 Å². The number of aliphatic imine (C=N–C) groups is 1. The molecule has 0 saturated carbocycles. The normalized spacial score (nSPS) is 15.1. The molecule has 0 bridgehead atoms. The summed E-state index contributed by atoms with van der Waals surface area (Å²) >= 11 is 3.38. The van der Waals surface area contributed by atoms with Crippen molar-refractivity contribution in [2.45, 2.75) is 0 Å². The van der Waals surface area contributed by atoms with Crippen LogP contribution in [0.3, 0.4) is 0 Å². The molecule has 2 aromatic carbocycles. The summed E-state index contributed by atoms with van der Waals surface area (Å²) < 4.78 is 16.6. The average Bonchev–Trinajstić information content (AvgIpc) is 3.04. The van der Waals surface area contributed by atoms with Crippen molar-refractivity contribution in [3.63, 3.8) is 0 Å². The van der Waals surface area contributed by atoms with E-state index < -0.39 is 5.97 Å². The Balaban J connectivity index is 1.74. The van der Waals surface area contributed by atoms with Crippen LogP contribution < -0.4 is 10.2 Å².